The molecule has 5 amide bonds. The molecule has 1 aromatic rings. The van der Waals surface area contributed by atoms with E-state index in [9.17, 15) is 33.6 Å². The molecule has 1 aliphatic heterocycles. The molecule has 0 bridgehead atoms. The number of carbonyl (C=O) groups excluding carboxylic acids is 5. The Bertz CT molecular complexity index is 1690. The molecule has 0 spiro atoms. The Labute approximate surface area is 331 Å². The maximum atomic E-state index is 14.9. The maximum Gasteiger partial charge on any atom is 0.315 e. The predicted molar refractivity (Wildman–Crippen MR) is 217 cm³/mol. The number of nitrogens with one attached hydrogen (secondary N) is 4. The number of anilines is 2. The molecule has 1 aromatic carbocycles. The summed E-state index contributed by atoms with van der Waals surface area (Å²) in [7, 11) is 5.23. The topological polar surface area (TPSA) is 177 Å². The first kappa shape index (κ1) is 42.9. The average molecular weight is 780 g/mol. The van der Waals surface area contributed by atoms with Gasteiger partial charge in [0, 0.05) is 40.8 Å². The van der Waals surface area contributed by atoms with Crippen LogP contribution in [0, 0.1) is 29.1 Å². The number of hydrogen-bond acceptors (Lipinski definition) is 9. The molecular weight excluding hydrogens is 715 g/mol. The van der Waals surface area contributed by atoms with Crippen molar-refractivity contribution in [1.82, 2.24) is 26.2 Å². The number of likely N-dealkylation sites (tertiary alicyclic amines) is 1. The third-order valence-electron chi connectivity index (χ3n) is 13.2. The third-order valence-corrected chi connectivity index (χ3v) is 13.2. The lowest BCUT2D eigenvalue weighted by atomic mass is 9.55. The molecule has 0 radical (unpaired) electrons. The molecule has 14 heteroatoms. The van der Waals surface area contributed by atoms with E-state index in [1.54, 1.807) is 35.8 Å². The first-order chi connectivity index (χ1) is 26.6. The summed E-state index contributed by atoms with van der Waals surface area (Å²) >= 11 is 0. The Balaban J connectivity index is 1.38. The molecule has 56 heavy (non-hydrogen) atoms. The lowest BCUT2D eigenvalue weighted by Crippen LogP contribution is -2.61. The van der Waals surface area contributed by atoms with E-state index >= 15 is 0 Å². The minimum absolute atomic E-state index is 0.0629. The van der Waals surface area contributed by atoms with Gasteiger partial charge < -0.3 is 36.0 Å². The van der Waals surface area contributed by atoms with Gasteiger partial charge in [0.1, 0.15) is 23.5 Å². The van der Waals surface area contributed by atoms with Crippen LogP contribution in [0.3, 0.4) is 0 Å². The fourth-order valence-corrected chi connectivity index (χ4v) is 10.1. The minimum atomic E-state index is -1.03. The van der Waals surface area contributed by atoms with Crippen LogP contribution in [0.5, 0.6) is 0 Å². The van der Waals surface area contributed by atoms with E-state index in [1.165, 1.54) is 6.08 Å². The van der Waals surface area contributed by atoms with Crippen molar-refractivity contribution >= 4 is 40.9 Å². The van der Waals surface area contributed by atoms with E-state index in [1.807, 2.05) is 6.92 Å². The van der Waals surface area contributed by atoms with Gasteiger partial charge in [-0.15, -0.1) is 6.58 Å². The zero-order chi connectivity index (χ0) is 40.9. The van der Waals surface area contributed by atoms with Gasteiger partial charge in [0.15, 0.2) is 0 Å². The summed E-state index contributed by atoms with van der Waals surface area (Å²) in [6.45, 7) is 10.5. The van der Waals surface area contributed by atoms with Crippen molar-refractivity contribution in [1.29, 1.82) is 0 Å². The average Bonchev–Trinajstić information content (AvgIpc) is 3.52. The molecule has 4 fully saturated rings. The zero-order valence-corrected chi connectivity index (χ0v) is 34.4. The second kappa shape index (κ2) is 18.4. The third kappa shape index (κ3) is 9.15. The van der Waals surface area contributed by atoms with Gasteiger partial charge >= 0.3 is 6.03 Å². The SMILES string of the molecule is C=CCNC(=O)C(=O)C(CCC)NC(=O)[C@@H]1[C@H]2CC(C)(C)[C@H]2CN1C(=O)[C@@H](NC(=O)N[C@H](CN(C)c1c(N(C)C)c(=O)c1=O)C1CCCCC1)C1CCCCC1. The summed E-state index contributed by atoms with van der Waals surface area (Å²) in [5, 5.41) is 11.7. The van der Waals surface area contributed by atoms with Crippen LogP contribution in [-0.4, -0.2) is 99.4 Å². The quantitative estimate of drug-likeness (QED) is 0.137. The van der Waals surface area contributed by atoms with Crippen molar-refractivity contribution < 1.29 is 24.0 Å². The zero-order valence-electron chi connectivity index (χ0n) is 34.4. The van der Waals surface area contributed by atoms with E-state index in [0.717, 1.165) is 70.6 Å². The molecule has 4 aliphatic rings. The van der Waals surface area contributed by atoms with Crippen LogP contribution >= 0.6 is 0 Å². The number of Topliss-reactive ketones (excluding diaryl/α,β-unsaturated/α-hetero) is 1. The van der Waals surface area contributed by atoms with Crippen molar-refractivity contribution in [2.24, 2.45) is 29.1 Å². The summed E-state index contributed by atoms with van der Waals surface area (Å²) in [4.78, 5) is 99.3. The number of fused-ring (bicyclic) bond motifs is 1. The van der Waals surface area contributed by atoms with Gasteiger partial charge in [-0.25, -0.2) is 4.79 Å². The molecule has 4 N–H and O–H groups in total. The standard InChI is InChI=1S/C42H65N7O7/c1-8-16-29(35(50)39(54)43-21-9-2)44-38(53)32-27-22-42(3,4)28(27)23-49(32)40(55)31(26-19-14-11-15-20-26)46-41(56)45-30(25-17-12-10-13-18-25)24-48(7)34-33(47(5)6)36(51)37(34)52/h9,25-32H,2,8,10-24H2,1,3-7H3,(H,43,54)(H,44,53)(H2,45,46,56)/t27-,28-,29?,30+,31-,32-/m0/s1. The molecule has 3 aliphatic carbocycles. The monoisotopic (exact) mass is 779 g/mol. The van der Waals surface area contributed by atoms with E-state index in [2.05, 4.69) is 41.7 Å². The van der Waals surface area contributed by atoms with Gasteiger partial charge in [-0.3, -0.25) is 28.8 Å². The van der Waals surface area contributed by atoms with Crippen molar-refractivity contribution in [3.8, 4) is 0 Å². The van der Waals surface area contributed by atoms with Gasteiger partial charge in [0.2, 0.25) is 17.6 Å². The number of rotatable bonds is 17. The lowest BCUT2D eigenvalue weighted by Gasteiger charge is -2.48. The van der Waals surface area contributed by atoms with E-state index in [4.69, 9.17) is 0 Å². The second-order valence-corrected chi connectivity index (χ2v) is 17.7. The van der Waals surface area contributed by atoms with Crippen LogP contribution in [0.15, 0.2) is 22.2 Å². The van der Waals surface area contributed by atoms with E-state index in [-0.39, 0.29) is 54.0 Å². The van der Waals surface area contributed by atoms with Gasteiger partial charge in [-0.2, -0.15) is 0 Å². The van der Waals surface area contributed by atoms with Crippen molar-refractivity contribution in [3.05, 3.63) is 33.1 Å². The smallest absolute Gasteiger partial charge is 0.315 e. The highest BCUT2D eigenvalue weighted by molar-refractivity contribution is 6.38. The van der Waals surface area contributed by atoms with Crippen LogP contribution < -0.4 is 41.9 Å². The normalized spacial score (nSPS) is 23.8. The van der Waals surface area contributed by atoms with Gasteiger partial charge in [0.25, 0.3) is 16.8 Å². The fourth-order valence-electron chi connectivity index (χ4n) is 10.1. The van der Waals surface area contributed by atoms with Crippen LogP contribution in [0.25, 0.3) is 0 Å². The van der Waals surface area contributed by atoms with Crippen LogP contribution in [0.4, 0.5) is 16.2 Å². The molecule has 1 saturated heterocycles. The summed E-state index contributed by atoms with van der Waals surface area (Å²) in [6.07, 6.45) is 12.5. The van der Waals surface area contributed by atoms with Gasteiger partial charge in [-0.1, -0.05) is 71.8 Å². The largest absolute Gasteiger partial charge is 0.373 e. The van der Waals surface area contributed by atoms with Crippen LogP contribution in [-0.2, 0) is 19.2 Å². The predicted octanol–water partition coefficient (Wildman–Crippen LogP) is 3.01. The summed E-state index contributed by atoms with van der Waals surface area (Å²) in [5.41, 5.74) is -0.448. The lowest BCUT2D eigenvalue weighted by molar-refractivity contribution is -0.144. The maximum absolute atomic E-state index is 14.9. The minimum Gasteiger partial charge on any atom is -0.373 e. The molecule has 1 heterocycles. The molecule has 3 saturated carbocycles. The molecule has 1 unspecified atom stereocenters. The number of amides is 5. The van der Waals surface area contributed by atoms with Crippen LogP contribution in [0.2, 0.25) is 0 Å². The number of ketones is 1. The Morgan fingerprint density at radius 2 is 1.48 bits per heavy atom. The Hall–Kier alpha value is -4.23. The highest BCUT2D eigenvalue weighted by atomic mass is 16.2. The number of hydrogen-bond donors (Lipinski definition) is 4. The molecule has 310 valence electrons. The van der Waals surface area contributed by atoms with Crippen LogP contribution in [0.1, 0.15) is 104 Å². The van der Waals surface area contributed by atoms with Crippen molar-refractivity contribution in [3.63, 3.8) is 0 Å². The number of likely N-dealkylation sites (N-methyl/N-ethyl adjacent to an activating group) is 1. The fraction of sp³-hybridized carbons (Fsp3) is 0.738. The Kier molecular flexibility index (Phi) is 14.1. The summed E-state index contributed by atoms with van der Waals surface area (Å²) in [6, 6.07) is -3.57. The first-order valence-electron chi connectivity index (χ1n) is 20.9. The van der Waals surface area contributed by atoms with E-state index < -0.39 is 52.6 Å². The Morgan fingerprint density at radius 3 is 2.05 bits per heavy atom. The molecule has 0 aromatic heterocycles. The molecule has 14 nitrogen and oxygen atoms in total. The summed E-state index contributed by atoms with van der Waals surface area (Å²) < 4.78 is 0. The highest BCUT2D eigenvalue weighted by Gasteiger charge is 2.61. The van der Waals surface area contributed by atoms with Gasteiger partial charge in [0.05, 0.1) is 12.1 Å². The molecule has 5 rings (SSSR count). The van der Waals surface area contributed by atoms with Crippen molar-refractivity contribution in [2.75, 3.05) is 50.6 Å². The number of carbonyl (C=O) groups is 5. The van der Waals surface area contributed by atoms with E-state index in [0.29, 0.717) is 30.9 Å². The number of urea groups is 1. The Morgan fingerprint density at radius 1 is 0.875 bits per heavy atom. The number of nitrogens with zero attached hydrogens (tertiary/aromatic N) is 3. The highest BCUT2D eigenvalue weighted by Crippen LogP contribution is 2.57. The summed E-state index contributed by atoms with van der Waals surface area (Å²) in [5.74, 6) is -2.30. The molecular formula is C42H65N7O7. The first-order valence-corrected chi connectivity index (χ1v) is 20.9. The van der Waals surface area contributed by atoms with Gasteiger partial charge in [-0.05, 0) is 67.6 Å². The second-order valence-electron chi connectivity index (χ2n) is 17.7. The van der Waals surface area contributed by atoms with Crippen molar-refractivity contribution in [2.45, 2.75) is 128 Å². The molecule has 6 atom stereocenters.